The van der Waals surface area contributed by atoms with Gasteiger partial charge in [0.05, 0.1) is 6.33 Å². The number of carbonyl (C=O) groups is 2. The van der Waals surface area contributed by atoms with Crippen LogP contribution in [0.5, 0.6) is 5.75 Å². The zero-order chi connectivity index (χ0) is 18.4. The van der Waals surface area contributed by atoms with Crippen LogP contribution in [-0.2, 0) is 16.1 Å². The molecule has 0 saturated heterocycles. The summed E-state index contributed by atoms with van der Waals surface area (Å²) >= 11 is 0. The summed E-state index contributed by atoms with van der Waals surface area (Å²) in [5.74, 6) is 0.419. The number of amides is 2. The highest BCUT2D eigenvalue weighted by Gasteiger charge is 2.42. The van der Waals surface area contributed by atoms with Crippen LogP contribution >= 0.6 is 0 Å². The Bertz CT molecular complexity index is 737. The molecule has 26 heavy (non-hydrogen) atoms. The third-order valence-corrected chi connectivity index (χ3v) is 4.52. The lowest BCUT2D eigenvalue weighted by Crippen LogP contribution is -2.35. The van der Waals surface area contributed by atoms with E-state index in [1.54, 1.807) is 43.7 Å². The molecule has 0 atom stereocenters. The highest BCUT2D eigenvalue weighted by Crippen LogP contribution is 2.46. The minimum atomic E-state index is -0.134. The van der Waals surface area contributed by atoms with E-state index in [-0.39, 0.29) is 23.8 Å². The standard InChI is InChI=1S/C19H24N4O3/c1-2-17(24)22-15-3-5-16(6-4-15)26-11-18(25)21-12-19(7-8-19)13-23-10-9-20-14-23/h3-6,9-10,14H,2,7-8,11-13H2,1H3,(H,21,25)(H,22,24). The first-order valence-corrected chi connectivity index (χ1v) is 8.84. The van der Waals surface area contributed by atoms with Crippen molar-refractivity contribution in [3.63, 3.8) is 0 Å². The number of anilines is 1. The van der Waals surface area contributed by atoms with Gasteiger partial charge < -0.3 is 19.9 Å². The van der Waals surface area contributed by atoms with Crippen molar-refractivity contribution in [2.75, 3.05) is 18.5 Å². The Kier molecular flexibility index (Phi) is 5.55. The molecule has 1 fully saturated rings. The third kappa shape index (κ3) is 5.08. The molecule has 1 saturated carbocycles. The fraction of sp³-hybridized carbons (Fsp3) is 0.421. The summed E-state index contributed by atoms with van der Waals surface area (Å²) in [6, 6.07) is 6.98. The van der Waals surface area contributed by atoms with Crippen LogP contribution in [0.2, 0.25) is 0 Å². The number of rotatable bonds is 9. The highest BCUT2D eigenvalue weighted by atomic mass is 16.5. The van der Waals surface area contributed by atoms with Crippen molar-refractivity contribution in [3.05, 3.63) is 43.0 Å². The van der Waals surface area contributed by atoms with Gasteiger partial charge in [0.25, 0.3) is 5.91 Å². The van der Waals surface area contributed by atoms with Gasteiger partial charge in [-0.05, 0) is 37.1 Å². The molecule has 1 aliphatic rings. The molecule has 138 valence electrons. The molecule has 0 spiro atoms. The molecule has 1 aromatic heterocycles. The van der Waals surface area contributed by atoms with Crippen molar-refractivity contribution in [1.82, 2.24) is 14.9 Å². The molecular weight excluding hydrogens is 332 g/mol. The van der Waals surface area contributed by atoms with Crippen LogP contribution in [0.25, 0.3) is 0 Å². The third-order valence-electron chi connectivity index (χ3n) is 4.52. The van der Waals surface area contributed by atoms with E-state index in [0.29, 0.717) is 24.4 Å². The molecule has 2 aromatic rings. The summed E-state index contributed by atoms with van der Waals surface area (Å²) in [4.78, 5) is 27.4. The van der Waals surface area contributed by atoms with Gasteiger partial charge in [0.2, 0.25) is 5.91 Å². The fourth-order valence-electron chi connectivity index (χ4n) is 2.70. The van der Waals surface area contributed by atoms with E-state index in [9.17, 15) is 9.59 Å². The average Bonchev–Trinajstić information content (AvgIpc) is 3.22. The first-order valence-electron chi connectivity index (χ1n) is 8.84. The van der Waals surface area contributed by atoms with Crippen molar-refractivity contribution >= 4 is 17.5 Å². The number of imidazole rings is 1. The lowest BCUT2D eigenvalue weighted by molar-refractivity contribution is -0.123. The van der Waals surface area contributed by atoms with E-state index in [4.69, 9.17) is 4.74 Å². The van der Waals surface area contributed by atoms with Gasteiger partial charge in [-0.3, -0.25) is 9.59 Å². The molecule has 0 radical (unpaired) electrons. The second kappa shape index (κ2) is 8.03. The van der Waals surface area contributed by atoms with Crippen LogP contribution in [0, 0.1) is 5.41 Å². The number of aromatic nitrogens is 2. The van der Waals surface area contributed by atoms with Gasteiger partial charge in [0.1, 0.15) is 5.75 Å². The van der Waals surface area contributed by atoms with Gasteiger partial charge in [0, 0.05) is 43.0 Å². The average molecular weight is 356 g/mol. The molecule has 1 aromatic carbocycles. The number of nitrogens with zero attached hydrogens (tertiary/aromatic N) is 2. The maximum Gasteiger partial charge on any atom is 0.257 e. The Morgan fingerprint density at radius 3 is 2.62 bits per heavy atom. The number of benzene rings is 1. The zero-order valence-corrected chi connectivity index (χ0v) is 14.9. The Balaban J connectivity index is 1.39. The van der Waals surface area contributed by atoms with Crippen molar-refractivity contribution in [1.29, 1.82) is 0 Å². The van der Waals surface area contributed by atoms with Crippen molar-refractivity contribution < 1.29 is 14.3 Å². The Labute approximate surface area is 152 Å². The fourth-order valence-corrected chi connectivity index (χ4v) is 2.70. The van der Waals surface area contributed by atoms with Crippen molar-refractivity contribution in [2.24, 2.45) is 5.41 Å². The molecule has 2 amide bonds. The molecule has 0 bridgehead atoms. The van der Waals surface area contributed by atoms with E-state index < -0.39 is 0 Å². The van der Waals surface area contributed by atoms with Crippen LogP contribution in [0.4, 0.5) is 5.69 Å². The van der Waals surface area contributed by atoms with E-state index in [0.717, 1.165) is 19.4 Å². The van der Waals surface area contributed by atoms with Gasteiger partial charge in [0.15, 0.2) is 6.61 Å². The summed E-state index contributed by atoms with van der Waals surface area (Å²) < 4.78 is 7.56. The largest absolute Gasteiger partial charge is 0.484 e. The number of hydrogen-bond acceptors (Lipinski definition) is 4. The summed E-state index contributed by atoms with van der Waals surface area (Å²) in [6.07, 6.45) is 8.16. The molecule has 0 aliphatic heterocycles. The molecule has 0 unspecified atom stereocenters. The lowest BCUT2D eigenvalue weighted by atomic mass is 10.1. The maximum absolute atomic E-state index is 12.0. The quantitative estimate of drug-likeness (QED) is 0.721. The first kappa shape index (κ1) is 18.0. The van der Waals surface area contributed by atoms with Crippen molar-refractivity contribution in [2.45, 2.75) is 32.7 Å². The minimum Gasteiger partial charge on any atom is -0.484 e. The van der Waals surface area contributed by atoms with Crippen LogP contribution in [0.1, 0.15) is 26.2 Å². The maximum atomic E-state index is 12.0. The SMILES string of the molecule is CCC(=O)Nc1ccc(OCC(=O)NCC2(Cn3ccnc3)CC2)cc1. The summed E-state index contributed by atoms with van der Waals surface area (Å²) in [7, 11) is 0. The van der Waals surface area contributed by atoms with Crippen LogP contribution in [0.3, 0.4) is 0 Å². The molecular formula is C19H24N4O3. The zero-order valence-electron chi connectivity index (χ0n) is 14.9. The second-order valence-electron chi connectivity index (χ2n) is 6.73. The molecule has 7 nitrogen and oxygen atoms in total. The number of carbonyl (C=O) groups excluding carboxylic acids is 2. The predicted octanol–water partition coefficient (Wildman–Crippen LogP) is 2.21. The Morgan fingerprint density at radius 1 is 1.23 bits per heavy atom. The topological polar surface area (TPSA) is 85.2 Å². The molecule has 1 aliphatic carbocycles. The summed E-state index contributed by atoms with van der Waals surface area (Å²) in [5, 5.41) is 5.72. The van der Waals surface area contributed by atoms with Crippen molar-refractivity contribution in [3.8, 4) is 5.75 Å². The normalized spacial score (nSPS) is 14.5. The number of hydrogen-bond donors (Lipinski definition) is 2. The first-order chi connectivity index (χ1) is 12.6. The Morgan fingerprint density at radius 2 is 2.00 bits per heavy atom. The second-order valence-corrected chi connectivity index (χ2v) is 6.73. The van der Waals surface area contributed by atoms with Crippen LogP contribution < -0.4 is 15.4 Å². The van der Waals surface area contributed by atoms with E-state index in [2.05, 4.69) is 20.2 Å². The van der Waals surface area contributed by atoms with Gasteiger partial charge >= 0.3 is 0 Å². The molecule has 2 N–H and O–H groups in total. The van der Waals surface area contributed by atoms with Crippen LogP contribution in [0.15, 0.2) is 43.0 Å². The minimum absolute atomic E-state index is 0.0260. The van der Waals surface area contributed by atoms with Gasteiger partial charge in [-0.2, -0.15) is 0 Å². The van der Waals surface area contributed by atoms with E-state index >= 15 is 0 Å². The number of ether oxygens (including phenoxy) is 1. The predicted molar refractivity (Wildman–Crippen MR) is 97.8 cm³/mol. The summed E-state index contributed by atoms with van der Waals surface area (Å²) in [6.45, 7) is 3.29. The van der Waals surface area contributed by atoms with Gasteiger partial charge in [-0.1, -0.05) is 6.92 Å². The number of nitrogens with one attached hydrogen (secondary N) is 2. The smallest absolute Gasteiger partial charge is 0.257 e. The van der Waals surface area contributed by atoms with Gasteiger partial charge in [-0.25, -0.2) is 4.98 Å². The van der Waals surface area contributed by atoms with E-state index in [1.807, 2.05) is 6.20 Å². The lowest BCUT2D eigenvalue weighted by Gasteiger charge is -2.16. The van der Waals surface area contributed by atoms with Gasteiger partial charge in [-0.15, -0.1) is 0 Å². The summed E-state index contributed by atoms with van der Waals surface area (Å²) in [5.41, 5.74) is 0.860. The molecule has 1 heterocycles. The van der Waals surface area contributed by atoms with E-state index in [1.165, 1.54) is 0 Å². The monoisotopic (exact) mass is 356 g/mol. The molecule has 7 heteroatoms. The highest BCUT2D eigenvalue weighted by molar-refractivity contribution is 5.90. The molecule has 3 rings (SSSR count). The van der Waals surface area contributed by atoms with Crippen LogP contribution in [-0.4, -0.2) is 34.5 Å². The Hall–Kier alpha value is -2.83.